The van der Waals surface area contributed by atoms with E-state index in [1.54, 1.807) is 25.4 Å². The first kappa shape index (κ1) is 16.9. The molecule has 3 heterocycles. The Balaban J connectivity index is 2.32. The van der Waals surface area contributed by atoms with Crippen LogP contribution in [-0.4, -0.2) is 33.4 Å². The van der Waals surface area contributed by atoms with E-state index < -0.39 is 0 Å². The summed E-state index contributed by atoms with van der Waals surface area (Å²) in [4.78, 5) is 34.0. The van der Waals surface area contributed by atoms with Crippen LogP contribution in [0.2, 0.25) is 0 Å². The third-order valence-corrected chi connectivity index (χ3v) is 4.21. The maximum atomic E-state index is 12.8. The highest BCUT2D eigenvalue weighted by atomic mass is 16.1. The average Bonchev–Trinajstić information content (AvgIpc) is 2.61. The van der Waals surface area contributed by atoms with E-state index in [1.807, 2.05) is 26.8 Å². The Kier molecular flexibility index (Phi) is 4.39. The van der Waals surface area contributed by atoms with Gasteiger partial charge in [-0.15, -0.1) is 0 Å². The molecule has 0 spiro atoms. The summed E-state index contributed by atoms with van der Waals surface area (Å²) in [6, 6.07) is 5.38. The number of fused-ring (bicyclic) bond motifs is 2. The molecule has 1 amide bonds. The van der Waals surface area contributed by atoms with Gasteiger partial charge in [-0.3, -0.25) is 14.0 Å². The van der Waals surface area contributed by atoms with Gasteiger partial charge in [-0.1, -0.05) is 13.0 Å². The van der Waals surface area contributed by atoms with Crippen LogP contribution in [0, 0.1) is 6.92 Å². The lowest BCUT2D eigenvalue weighted by Crippen LogP contribution is -2.24. The number of aromatic nitrogens is 3. The number of amides is 1. The summed E-state index contributed by atoms with van der Waals surface area (Å²) in [5.74, 6) is 0.138. The van der Waals surface area contributed by atoms with Crippen LogP contribution >= 0.6 is 0 Å². The lowest BCUT2D eigenvalue weighted by Gasteiger charge is -2.16. The van der Waals surface area contributed by atoms with Gasteiger partial charge in [0.05, 0.1) is 10.9 Å². The molecular weight excluding hydrogens is 318 g/mol. The van der Waals surface area contributed by atoms with Crippen LogP contribution in [0.3, 0.4) is 0 Å². The van der Waals surface area contributed by atoms with Crippen LogP contribution < -0.4 is 16.2 Å². The Morgan fingerprint density at radius 3 is 2.76 bits per heavy atom. The summed E-state index contributed by atoms with van der Waals surface area (Å²) in [5, 5.41) is 6.13. The molecule has 1 atom stereocenters. The summed E-state index contributed by atoms with van der Waals surface area (Å²) in [5.41, 5.74) is 1.90. The quantitative estimate of drug-likeness (QED) is 0.711. The van der Waals surface area contributed by atoms with Crippen molar-refractivity contribution in [1.29, 1.82) is 0 Å². The molecule has 0 unspecified atom stereocenters. The van der Waals surface area contributed by atoms with Crippen molar-refractivity contribution in [3.05, 3.63) is 45.9 Å². The van der Waals surface area contributed by atoms with Gasteiger partial charge < -0.3 is 10.6 Å². The number of carbonyl (C=O) groups excluding carboxylic acids is 1. The lowest BCUT2D eigenvalue weighted by molar-refractivity contribution is 0.0963. The van der Waals surface area contributed by atoms with Crippen molar-refractivity contribution in [2.24, 2.45) is 0 Å². The number of pyridine rings is 2. The predicted molar refractivity (Wildman–Crippen MR) is 98.3 cm³/mol. The van der Waals surface area contributed by atoms with E-state index in [-0.39, 0.29) is 17.5 Å². The molecule has 2 N–H and O–H groups in total. The molecule has 7 heteroatoms. The smallest absolute Gasteiger partial charge is 0.267 e. The minimum absolute atomic E-state index is 0.137. The monoisotopic (exact) mass is 339 g/mol. The Bertz CT molecular complexity index is 1030. The summed E-state index contributed by atoms with van der Waals surface area (Å²) in [6.45, 7) is 5.95. The molecule has 0 saturated carbocycles. The molecule has 130 valence electrons. The SMILES string of the molecule is CC[C@@H](C)Nc1nc2nc3ccc(C)cn3c(=O)c2cc1C(=O)NC. The van der Waals surface area contributed by atoms with E-state index in [2.05, 4.69) is 20.6 Å². The van der Waals surface area contributed by atoms with E-state index in [9.17, 15) is 9.59 Å². The van der Waals surface area contributed by atoms with Crippen LogP contribution in [0.4, 0.5) is 5.82 Å². The fraction of sp³-hybridized carbons (Fsp3) is 0.333. The molecule has 0 radical (unpaired) electrons. The average molecular weight is 339 g/mol. The molecule has 3 aromatic rings. The first-order valence-corrected chi connectivity index (χ1v) is 8.27. The van der Waals surface area contributed by atoms with Crippen LogP contribution in [0.15, 0.2) is 29.2 Å². The zero-order valence-corrected chi connectivity index (χ0v) is 14.8. The second-order valence-electron chi connectivity index (χ2n) is 6.14. The van der Waals surface area contributed by atoms with E-state index in [4.69, 9.17) is 0 Å². The van der Waals surface area contributed by atoms with Crippen molar-refractivity contribution in [3.63, 3.8) is 0 Å². The molecule has 0 bridgehead atoms. The predicted octanol–water partition coefficient (Wildman–Crippen LogP) is 2.12. The molecule has 25 heavy (non-hydrogen) atoms. The molecule has 0 aliphatic heterocycles. The van der Waals surface area contributed by atoms with Crippen molar-refractivity contribution in [3.8, 4) is 0 Å². The van der Waals surface area contributed by atoms with E-state index >= 15 is 0 Å². The second kappa shape index (κ2) is 6.51. The normalized spacial score (nSPS) is 12.3. The fourth-order valence-electron chi connectivity index (χ4n) is 2.59. The zero-order chi connectivity index (χ0) is 18.1. The largest absolute Gasteiger partial charge is 0.367 e. The standard InChI is InChI=1S/C18H21N5O2/c1-5-11(3)20-15-12(17(24)19-4)8-13-16(22-15)21-14-7-6-10(2)9-23(14)18(13)25/h6-9,11H,5H2,1-4H3,(H,19,24)(H,20,22)/t11-/m1/s1. The van der Waals surface area contributed by atoms with Crippen LogP contribution in [0.5, 0.6) is 0 Å². The van der Waals surface area contributed by atoms with Crippen LogP contribution in [0.25, 0.3) is 16.7 Å². The summed E-state index contributed by atoms with van der Waals surface area (Å²) in [7, 11) is 1.55. The second-order valence-corrected chi connectivity index (χ2v) is 6.14. The van der Waals surface area contributed by atoms with E-state index in [0.717, 1.165) is 12.0 Å². The minimum Gasteiger partial charge on any atom is -0.367 e. The number of carbonyl (C=O) groups is 1. The van der Waals surface area contributed by atoms with Crippen molar-refractivity contribution >= 4 is 28.4 Å². The Labute approximate surface area is 145 Å². The first-order chi connectivity index (χ1) is 11.9. The van der Waals surface area contributed by atoms with Crippen molar-refractivity contribution in [2.75, 3.05) is 12.4 Å². The highest BCUT2D eigenvalue weighted by Gasteiger charge is 2.17. The number of rotatable bonds is 4. The van der Waals surface area contributed by atoms with Gasteiger partial charge in [0.15, 0.2) is 5.65 Å². The van der Waals surface area contributed by atoms with Crippen LogP contribution in [-0.2, 0) is 0 Å². The highest BCUT2D eigenvalue weighted by molar-refractivity contribution is 6.01. The molecule has 7 nitrogen and oxygen atoms in total. The number of anilines is 1. The molecule has 0 aliphatic rings. The molecule has 0 aromatic carbocycles. The van der Waals surface area contributed by atoms with Gasteiger partial charge in [-0.05, 0) is 38.0 Å². The zero-order valence-electron chi connectivity index (χ0n) is 14.8. The third kappa shape index (κ3) is 3.05. The summed E-state index contributed by atoms with van der Waals surface area (Å²) in [6.07, 6.45) is 2.61. The fourth-order valence-corrected chi connectivity index (χ4v) is 2.59. The van der Waals surface area contributed by atoms with Gasteiger partial charge in [-0.25, -0.2) is 9.97 Å². The topological polar surface area (TPSA) is 88.4 Å². The molecule has 3 aromatic heterocycles. The molecule has 0 fully saturated rings. The summed E-state index contributed by atoms with van der Waals surface area (Å²) < 4.78 is 1.48. The first-order valence-electron chi connectivity index (χ1n) is 8.27. The number of hydrogen-bond donors (Lipinski definition) is 2. The summed E-state index contributed by atoms with van der Waals surface area (Å²) >= 11 is 0. The maximum absolute atomic E-state index is 12.8. The number of nitrogens with zero attached hydrogens (tertiary/aromatic N) is 3. The van der Waals surface area contributed by atoms with Gasteiger partial charge in [0, 0.05) is 19.3 Å². The van der Waals surface area contributed by atoms with Gasteiger partial charge >= 0.3 is 0 Å². The maximum Gasteiger partial charge on any atom is 0.267 e. The number of nitrogens with one attached hydrogen (secondary N) is 2. The van der Waals surface area contributed by atoms with Gasteiger partial charge in [0.25, 0.3) is 11.5 Å². The Hall–Kier alpha value is -2.96. The van der Waals surface area contributed by atoms with Gasteiger partial charge in [0.2, 0.25) is 0 Å². The molecule has 3 rings (SSSR count). The van der Waals surface area contributed by atoms with Crippen molar-refractivity contribution < 1.29 is 4.79 Å². The highest BCUT2D eigenvalue weighted by Crippen LogP contribution is 2.19. The number of hydrogen-bond acceptors (Lipinski definition) is 5. The Morgan fingerprint density at radius 1 is 1.32 bits per heavy atom. The van der Waals surface area contributed by atoms with Crippen molar-refractivity contribution in [1.82, 2.24) is 19.7 Å². The van der Waals surface area contributed by atoms with Crippen molar-refractivity contribution in [2.45, 2.75) is 33.2 Å². The molecule has 0 aliphatic carbocycles. The third-order valence-electron chi connectivity index (χ3n) is 4.21. The van der Waals surface area contributed by atoms with Gasteiger partial charge in [-0.2, -0.15) is 0 Å². The van der Waals surface area contributed by atoms with E-state index in [1.165, 1.54) is 4.40 Å². The van der Waals surface area contributed by atoms with Crippen LogP contribution in [0.1, 0.15) is 36.2 Å². The minimum atomic E-state index is -0.297. The molecule has 0 saturated heterocycles. The number of aryl methyl sites for hydroxylation is 1. The van der Waals surface area contributed by atoms with E-state index in [0.29, 0.717) is 28.1 Å². The molecular formula is C18H21N5O2. The van der Waals surface area contributed by atoms with Gasteiger partial charge in [0.1, 0.15) is 11.5 Å². The Morgan fingerprint density at radius 2 is 2.08 bits per heavy atom. The lowest BCUT2D eigenvalue weighted by atomic mass is 10.1.